The average Bonchev–Trinajstić information content (AvgIpc) is 3.41. The van der Waals surface area contributed by atoms with Crippen molar-refractivity contribution < 1.29 is 44.3 Å². The third-order valence-electron chi connectivity index (χ3n) is 5.26. The van der Waals surface area contributed by atoms with Gasteiger partial charge in [-0.05, 0) is 42.3 Å². The summed E-state index contributed by atoms with van der Waals surface area (Å²) in [6.45, 7) is 0.505. The Hall–Kier alpha value is -2.79. The molecule has 1 N–H and O–H groups in total. The predicted molar refractivity (Wildman–Crippen MR) is 143 cm³/mol. The van der Waals surface area contributed by atoms with Crippen LogP contribution in [0.5, 0.6) is 0 Å². The van der Waals surface area contributed by atoms with E-state index < -0.39 is 17.9 Å². The molecular weight excluding hydrogens is 556 g/mol. The van der Waals surface area contributed by atoms with Gasteiger partial charge in [-0.25, -0.2) is 15.0 Å². The molecule has 0 saturated carbocycles. The number of carboxylic acids is 1. The van der Waals surface area contributed by atoms with Crippen LogP contribution in [0.4, 0.5) is 11.6 Å². The van der Waals surface area contributed by atoms with Gasteiger partial charge >= 0.3 is 29.6 Å². The quantitative estimate of drug-likeness (QED) is 0.285. The third-order valence-corrected chi connectivity index (χ3v) is 6.53. The van der Waals surface area contributed by atoms with E-state index in [2.05, 4.69) is 20.3 Å². The van der Waals surface area contributed by atoms with Crippen molar-refractivity contribution in [1.29, 1.82) is 0 Å². The summed E-state index contributed by atoms with van der Waals surface area (Å²) < 4.78 is 0. The van der Waals surface area contributed by atoms with Gasteiger partial charge in [-0.15, -0.1) is 11.3 Å². The number of hydrogen-bond acceptors (Lipinski definition) is 8. The number of benzene rings is 2. The molecule has 0 radical (unpaired) electrons. The van der Waals surface area contributed by atoms with Gasteiger partial charge in [0.25, 0.3) is 5.91 Å². The summed E-state index contributed by atoms with van der Waals surface area (Å²) in [5.41, 5.74) is 4.39. The zero-order valence-corrected chi connectivity index (χ0v) is 24.6. The number of carbonyl (C=O) groups is 2. The number of hydrogen-bond donors (Lipinski definition) is 1. The normalized spacial score (nSPS) is 11.5. The summed E-state index contributed by atoms with van der Waals surface area (Å²) in [4.78, 5) is 39.2. The first-order valence-electron chi connectivity index (χ1n) is 11.1. The Morgan fingerprint density at radius 3 is 2.32 bits per heavy atom. The molecule has 12 heteroatoms. The fourth-order valence-corrected chi connectivity index (χ4v) is 4.57. The maximum atomic E-state index is 12.6. The van der Waals surface area contributed by atoms with Crippen LogP contribution in [0.25, 0.3) is 6.08 Å². The maximum absolute atomic E-state index is 12.6. The monoisotopic (exact) mass is 575 g/mol. The van der Waals surface area contributed by atoms with Crippen molar-refractivity contribution in [3.63, 3.8) is 0 Å². The van der Waals surface area contributed by atoms with Crippen LogP contribution in [0.15, 0.2) is 77.9 Å². The molecule has 0 fully saturated rings. The Kier molecular flexibility index (Phi) is 11.3. The molecule has 4 rings (SSSR count). The van der Waals surface area contributed by atoms with E-state index in [9.17, 15) is 14.7 Å². The van der Waals surface area contributed by atoms with Crippen LogP contribution in [0.3, 0.4) is 0 Å². The predicted octanol–water partition coefficient (Wildman–Crippen LogP) is 1.53. The Bertz CT molecular complexity index is 1370. The van der Waals surface area contributed by atoms with Gasteiger partial charge < -0.3 is 20.1 Å². The number of aromatic nitrogens is 3. The summed E-state index contributed by atoms with van der Waals surface area (Å²) in [5, 5.41) is 16.3. The van der Waals surface area contributed by atoms with Crippen molar-refractivity contribution in [2.24, 2.45) is 0 Å². The van der Waals surface area contributed by atoms with Crippen molar-refractivity contribution >= 4 is 64.1 Å². The van der Waals surface area contributed by atoms with E-state index in [0.717, 1.165) is 16.9 Å². The van der Waals surface area contributed by atoms with Crippen molar-refractivity contribution in [3.05, 3.63) is 105 Å². The van der Waals surface area contributed by atoms with Gasteiger partial charge in [0.2, 0.25) is 5.95 Å². The number of rotatable bonds is 10. The van der Waals surface area contributed by atoms with Crippen molar-refractivity contribution in [1.82, 2.24) is 20.3 Å². The Morgan fingerprint density at radius 2 is 1.71 bits per heavy atom. The summed E-state index contributed by atoms with van der Waals surface area (Å²) in [5.74, 6) is -1.56. The second-order valence-electron chi connectivity index (χ2n) is 7.79. The van der Waals surface area contributed by atoms with E-state index in [1.807, 2.05) is 34.5 Å². The second kappa shape index (κ2) is 14.4. The molecule has 2 aromatic carbocycles. The number of halogens is 2. The summed E-state index contributed by atoms with van der Waals surface area (Å²) >= 11 is 13.6. The minimum Gasteiger partial charge on any atom is -0.548 e. The maximum Gasteiger partial charge on any atom is 1.00 e. The van der Waals surface area contributed by atoms with E-state index in [-0.39, 0.29) is 51.6 Å². The first kappa shape index (κ1) is 29.8. The number of carbonyl (C=O) groups excluding carboxylic acids is 2. The van der Waals surface area contributed by atoms with Crippen LogP contribution < -0.4 is 44.9 Å². The number of thiazole rings is 1. The minimum absolute atomic E-state index is 0. The number of carboxylic acid groups (broad SMARTS) is 1. The van der Waals surface area contributed by atoms with Gasteiger partial charge in [0.05, 0.1) is 45.4 Å². The molecule has 38 heavy (non-hydrogen) atoms. The van der Waals surface area contributed by atoms with Gasteiger partial charge in [0, 0.05) is 23.5 Å². The van der Waals surface area contributed by atoms with E-state index in [0.29, 0.717) is 12.5 Å². The van der Waals surface area contributed by atoms with Crippen molar-refractivity contribution in [2.45, 2.75) is 19.0 Å². The molecule has 1 atom stereocenters. The van der Waals surface area contributed by atoms with Gasteiger partial charge in [-0.3, -0.25) is 4.79 Å². The second-order valence-corrected chi connectivity index (χ2v) is 9.32. The average molecular weight is 576 g/mol. The third kappa shape index (κ3) is 7.86. The van der Waals surface area contributed by atoms with Crippen molar-refractivity contribution in [3.8, 4) is 0 Å². The summed E-state index contributed by atoms with van der Waals surface area (Å²) in [6.07, 6.45) is 6.78. The van der Waals surface area contributed by atoms with E-state index >= 15 is 0 Å². The standard InChI is InChI=1S/C26H21Cl2N5O3S.Na/c27-20-5-2-6-21(28)23(20)24(34)32-22(25(35)36)7-1-4-17-8-10-19(11-9-17)33(14-18-15-37-16-31-18)26-29-12-3-13-30-26;/h1-6,8-13,15-16,22H,7,14H2,(H,32,34)(H,35,36);/q;+1/p-1/b4-1+;. The topological polar surface area (TPSA) is 111 Å². The Balaban J connectivity index is 0.00000400. The molecule has 0 aliphatic heterocycles. The van der Waals surface area contributed by atoms with Crippen LogP contribution >= 0.6 is 34.5 Å². The largest absolute Gasteiger partial charge is 1.00 e. The fourth-order valence-electron chi connectivity index (χ4n) is 3.45. The number of nitrogens with one attached hydrogen (secondary N) is 1. The first-order chi connectivity index (χ1) is 17.9. The molecular formula is C26H20Cl2N5NaO3S. The van der Waals surface area contributed by atoms with E-state index in [1.165, 1.54) is 23.5 Å². The van der Waals surface area contributed by atoms with Gasteiger partial charge in [0.1, 0.15) is 0 Å². The number of nitrogens with zero attached hydrogens (tertiary/aromatic N) is 4. The molecule has 2 aromatic heterocycles. The van der Waals surface area contributed by atoms with Gasteiger partial charge in [0.15, 0.2) is 0 Å². The van der Waals surface area contributed by atoms with Gasteiger partial charge in [-0.2, -0.15) is 0 Å². The van der Waals surface area contributed by atoms with Crippen molar-refractivity contribution in [2.75, 3.05) is 4.90 Å². The zero-order valence-electron chi connectivity index (χ0n) is 20.3. The molecule has 0 bridgehead atoms. The SMILES string of the molecule is O=C(NC(C/C=C/c1ccc(N(Cc2cscn2)c2ncccn2)cc1)C(=O)[O-])c1c(Cl)cccc1Cl.[Na+]. The van der Waals surface area contributed by atoms with Crippen LogP contribution in [0.1, 0.15) is 28.0 Å². The molecule has 1 amide bonds. The molecule has 2 heterocycles. The molecule has 0 saturated heterocycles. The zero-order chi connectivity index (χ0) is 26.2. The molecule has 0 aliphatic carbocycles. The number of amides is 1. The molecule has 0 spiro atoms. The van der Waals surface area contributed by atoms with Crippen LogP contribution in [-0.4, -0.2) is 32.9 Å². The van der Waals surface area contributed by atoms with Gasteiger partial charge in [-0.1, -0.05) is 53.6 Å². The van der Waals surface area contributed by atoms with Crippen LogP contribution in [0, 0.1) is 0 Å². The molecule has 4 aromatic rings. The fraction of sp³-hybridized carbons (Fsp3) is 0.115. The van der Waals surface area contributed by atoms with E-state index in [4.69, 9.17) is 23.2 Å². The molecule has 0 aliphatic rings. The van der Waals surface area contributed by atoms with Crippen LogP contribution in [0.2, 0.25) is 10.0 Å². The number of aliphatic carboxylic acids is 1. The molecule has 8 nitrogen and oxygen atoms in total. The Morgan fingerprint density at radius 1 is 1.03 bits per heavy atom. The summed E-state index contributed by atoms with van der Waals surface area (Å²) in [6, 6.07) is 12.7. The van der Waals surface area contributed by atoms with E-state index in [1.54, 1.807) is 42.2 Å². The summed E-state index contributed by atoms with van der Waals surface area (Å²) in [7, 11) is 0. The molecule has 188 valence electrons. The molecule has 1 unspecified atom stereocenters. The Labute approximate surface area is 255 Å². The number of anilines is 2. The van der Waals surface area contributed by atoms with Crippen LogP contribution in [-0.2, 0) is 11.3 Å². The minimum atomic E-state index is -1.42. The smallest absolute Gasteiger partial charge is 0.548 e. The first-order valence-corrected chi connectivity index (χ1v) is 12.8.